The zero-order valence-corrected chi connectivity index (χ0v) is 15.5. The summed E-state index contributed by atoms with van der Waals surface area (Å²) < 4.78 is 5.11. The van der Waals surface area contributed by atoms with Crippen LogP contribution in [-0.2, 0) is 11.2 Å². The van der Waals surface area contributed by atoms with Crippen molar-refractivity contribution in [3.05, 3.63) is 88.8 Å². The lowest BCUT2D eigenvalue weighted by Gasteiger charge is -2.18. The molecule has 0 fully saturated rings. The Balaban J connectivity index is 1.77. The van der Waals surface area contributed by atoms with Crippen molar-refractivity contribution < 1.29 is 14.0 Å². The van der Waals surface area contributed by atoms with Crippen LogP contribution in [0.1, 0.15) is 21.7 Å². The van der Waals surface area contributed by atoms with Crippen molar-refractivity contribution in [2.24, 2.45) is 0 Å². The number of halogens is 1. The van der Waals surface area contributed by atoms with Gasteiger partial charge in [0.05, 0.1) is 6.26 Å². The van der Waals surface area contributed by atoms with Crippen LogP contribution in [-0.4, -0.2) is 17.9 Å². The minimum absolute atomic E-state index is 0.152. The van der Waals surface area contributed by atoms with E-state index in [1.165, 1.54) is 6.26 Å². The summed E-state index contributed by atoms with van der Waals surface area (Å²) in [4.78, 5) is 25.2. The van der Waals surface area contributed by atoms with E-state index in [0.29, 0.717) is 17.1 Å². The van der Waals surface area contributed by atoms with Gasteiger partial charge in [-0.3, -0.25) is 9.59 Å². The minimum atomic E-state index is -0.773. The Bertz CT molecular complexity index is 924. The molecule has 27 heavy (non-hydrogen) atoms. The van der Waals surface area contributed by atoms with E-state index in [-0.39, 0.29) is 11.7 Å². The molecule has 2 amide bonds. The maximum atomic E-state index is 12.8. The number of carbonyl (C=O) groups is 2. The molecule has 0 aliphatic carbocycles. The molecule has 0 aliphatic heterocycles. The number of rotatable bonds is 6. The first-order chi connectivity index (χ1) is 13.0. The van der Waals surface area contributed by atoms with Crippen LogP contribution in [0.25, 0.3) is 0 Å². The Morgan fingerprint density at radius 3 is 2.52 bits per heavy atom. The maximum absolute atomic E-state index is 12.8. The maximum Gasteiger partial charge on any atom is 0.287 e. The molecule has 1 atom stereocenters. The first kappa shape index (κ1) is 18.7. The topological polar surface area (TPSA) is 71.3 Å². The molecule has 1 aromatic heterocycles. The van der Waals surface area contributed by atoms with Gasteiger partial charge in [-0.2, -0.15) is 0 Å². The number of hydrogen-bond donors (Lipinski definition) is 2. The second kappa shape index (κ2) is 8.56. The highest BCUT2D eigenvalue weighted by molar-refractivity contribution is 6.31. The number of benzene rings is 2. The highest BCUT2D eigenvalue weighted by Crippen LogP contribution is 2.20. The molecule has 0 bridgehead atoms. The zero-order chi connectivity index (χ0) is 19.2. The summed E-state index contributed by atoms with van der Waals surface area (Å²) in [5, 5.41) is 6.11. The van der Waals surface area contributed by atoms with Gasteiger partial charge in [0.15, 0.2) is 5.76 Å². The molecule has 0 unspecified atom stereocenters. The molecule has 0 saturated heterocycles. The van der Waals surface area contributed by atoms with Crippen molar-refractivity contribution >= 4 is 29.1 Å². The number of aryl methyl sites for hydroxylation is 1. The van der Waals surface area contributed by atoms with Gasteiger partial charge in [0.2, 0.25) is 5.91 Å². The highest BCUT2D eigenvalue weighted by Gasteiger charge is 2.23. The second-order valence-electron chi connectivity index (χ2n) is 6.15. The Kier molecular flexibility index (Phi) is 5.94. The number of amides is 2. The van der Waals surface area contributed by atoms with Gasteiger partial charge in [0, 0.05) is 17.1 Å². The molecular weight excluding hydrogens is 364 g/mol. The van der Waals surface area contributed by atoms with Gasteiger partial charge in [-0.15, -0.1) is 0 Å². The van der Waals surface area contributed by atoms with E-state index < -0.39 is 11.9 Å². The fourth-order valence-electron chi connectivity index (χ4n) is 2.60. The molecule has 3 rings (SSSR count). The summed E-state index contributed by atoms with van der Waals surface area (Å²) in [6, 6.07) is 17.2. The van der Waals surface area contributed by atoms with E-state index in [9.17, 15) is 9.59 Å². The van der Waals surface area contributed by atoms with Crippen LogP contribution in [0.15, 0.2) is 71.3 Å². The molecule has 1 heterocycles. The smallest absolute Gasteiger partial charge is 0.287 e. The third kappa shape index (κ3) is 4.99. The Labute approximate surface area is 162 Å². The van der Waals surface area contributed by atoms with Gasteiger partial charge >= 0.3 is 0 Å². The second-order valence-corrected chi connectivity index (χ2v) is 6.55. The number of anilines is 1. The standard InChI is InChI=1S/C21H19ClN2O3/c1-14-9-10-16(13-17(14)22)23-20(25)18(12-15-6-3-2-4-7-15)24-21(26)19-8-5-11-27-19/h2-11,13,18H,12H2,1H3,(H,23,25)(H,24,26)/t18-/m0/s1. The van der Waals surface area contributed by atoms with Crippen LogP contribution in [0.3, 0.4) is 0 Å². The van der Waals surface area contributed by atoms with Crippen molar-refractivity contribution in [2.45, 2.75) is 19.4 Å². The summed E-state index contributed by atoms with van der Waals surface area (Å²) >= 11 is 6.13. The quantitative estimate of drug-likeness (QED) is 0.670. The van der Waals surface area contributed by atoms with Gasteiger partial charge in [0.25, 0.3) is 5.91 Å². The minimum Gasteiger partial charge on any atom is -0.459 e. The fourth-order valence-corrected chi connectivity index (χ4v) is 2.78. The first-order valence-corrected chi connectivity index (χ1v) is 8.86. The average molecular weight is 383 g/mol. The van der Waals surface area contributed by atoms with Crippen LogP contribution in [0.5, 0.6) is 0 Å². The van der Waals surface area contributed by atoms with Crippen LogP contribution in [0.2, 0.25) is 5.02 Å². The van der Waals surface area contributed by atoms with Gasteiger partial charge in [-0.05, 0) is 42.3 Å². The van der Waals surface area contributed by atoms with Crippen molar-refractivity contribution in [1.82, 2.24) is 5.32 Å². The molecule has 0 spiro atoms. The SMILES string of the molecule is Cc1ccc(NC(=O)[C@H](Cc2ccccc2)NC(=O)c2ccco2)cc1Cl. The van der Waals surface area contributed by atoms with Gasteiger partial charge in [-0.1, -0.05) is 48.0 Å². The molecule has 0 saturated carbocycles. The number of furan rings is 1. The van der Waals surface area contributed by atoms with E-state index >= 15 is 0 Å². The monoisotopic (exact) mass is 382 g/mol. The Morgan fingerprint density at radius 2 is 1.85 bits per heavy atom. The van der Waals surface area contributed by atoms with E-state index in [1.807, 2.05) is 43.3 Å². The molecule has 3 aromatic rings. The molecule has 6 heteroatoms. The van der Waals surface area contributed by atoms with Crippen LogP contribution in [0.4, 0.5) is 5.69 Å². The van der Waals surface area contributed by atoms with Gasteiger partial charge in [-0.25, -0.2) is 0 Å². The van der Waals surface area contributed by atoms with E-state index in [4.69, 9.17) is 16.0 Å². The molecule has 2 N–H and O–H groups in total. The van der Waals surface area contributed by atoms with Crippen LogP contribution >= 0.6 is 11.6 Å². The lowest BCUT2D eigenvalue weighted by atomic mass is 10.0. The number of carbonyl (C=O) groups excluding carboxylic acids is 2. The summed E-state index contributed by atoms with van der Waals surface area (Å²) in [6.45, 7) is 1.88. The summed E-state index contributed by atoms with van der Waals surface area (Å²) in [7, 11) is 0. The normalized spacial score (nSPS) is 11.6. The summed E-state index contributed by atoms with van der Waals surface area (Å²) in [6.07, 6.45) is 1.76. The van der Waals surface area contributed by atoms with Crippen molar-refractivity contribution in [1.29, 1.82) is 0 Å². The molecule has 5 nitrogen and oxygen atoms in total. The number of hydrogen-bond acceptors (Lipinski definition) is 3. The number of nitrogens with one attached hydrogen (secondary N) is 2. The molecule has 2 aromatic carbocycles. The average Bonchev–Trinajstić information content (AvgIpc) is 3.20. The van der Waals surface area contributed by atoms with E-state index in [1.54, 1.807) is 24.3 Å². The molecule has 0 radical (unpaired) electrons. The van der Waals surface area contributed by atoms with Crippen molar-refractivity contribution in [3.8, 4) is 0 Å². The highest BCUT2D eigenvalue weighted by atomic mass is 35.5. The van der Waals surface area contributed by atoms with Gasteiger partial charge in [0.1, 0.15) is 6.04 Å². The third-order valence-corrected chi connectivity index (χ3v) is 4.50. The van der Waals surface area contributed by atoms with E-state index in [0.717, 1.165) is 11.1 Å². The summed E-state index contributed by atoms with van der Waals surface area (Å²) in [5.74, 6) is -0.629. The molecule has 0 aliphatic rings. The fraction of sp³-hybridized carbons (Fsp3) is 0.143. The van der Waals surface area contributed by atoms with Crippen LogP contribution < -0.4 is 10.6 Å². The lowest BCUT2D eigenvalue weighted by Crippen LogP contribution is -2.45. The Morgan fingerprint density at radius 1 is 1.07 bits per heavy atom. The zero-order valence-electron chi connectivity index (χ0n) is 14.7. The predicted molar refractivity (Wildman–Crippen MR) is 105 cm³/mol. The first-order valence-electron chi connectivity index (χ1n) is 8.48. The molecular formula is C21H19ClN2O3. The largest absolute Gasteiger partial charge is 0.459 e. The lowest BCUT2D eigenvalue weighted by molar-refractivity contribution is -0.118. The van der Waals surface area contributed by atoms with Gasteiger partial charge < -0.3 is 15.1 Å². The third-order valence-electron chi connectivity index (χ3n) is 4.09. The summed E-state index contributed by atoms with van der Waals surface area (Å²) in [5.41, 5.74) is 2.42. The predicted octanol–water partition coefficient (Wildman–Crippen LogP) is 4.22. The van der Waals surface area contributed by atoms with Crippen molar-refractivity contribution in [2.75, 3.05) is 5.32 Å². The van der Waals surface area contributed by atoms with Crippen molar-refractivity contribution in [3.63, 3.8) is 0 Å². The van der Waals surface area contributed by atoms with E-state index in [2.05, 4.69) is 10.6 Å². The molecule has 138 valence electrons. The van der Waals surface area contributed by atoms with Crippen LogP contribution in [0, 0.1) is 6.92 Å². The Hall–Kier alpha value is -3.05.